The lowest BCUT2D eigenvalue weighted by atomic mass is 11.2. The molecule has 0 atom stereocenters. The molecule has 0 saturated heterocycles. The number of hydrogen-bond donors (Lipinski definition) is 1. The SMILES string of the molecule is O=[13C](O)[13c]1[13cH][13cH][13c](Cl)n[13cH]1. The van der Waals surface area contributed by atoms with Crippen LogP contribution < -0.4 is 0 Å². The summed E-state index contributed by atoms with van der Waals surface area (Å²) < 4.78 is 0. The topological polar surface area (TPSA) is 50.2 Å². The van der Waals surface area contributed by atoms with Crippen LogP contribution in [0.5, 0.6) is 0 Å². The molecule has 0 saturated carbocycles. The van der Waals surface area contributed by atoms with E-state index in [-0.39, 0.29) is 5.56 Å². The highest BCUT2D eigenvalue weighted by Gasteiger charge is 2.00. The molecule has 0 aliphatic heterocycles. The lowest BCUT2D eigenvalue weighted by molar-refractivity contribution is 0.0696. The Morgan fingerprint density at radius 2 is 2.30 bits per heavy atom. The Morgan fingerprint density at radius 1 is 1.60 bits per heavy atom. The highest BCUT2D eigenvalue weighted by molar-refractivity contribution is 6.29. The van der Waals surface area contributed by atoms with Crippen molar-refractivity contribution in [1.29, 1.82) is 0 Å². The zero-order valence-electron chi connectivity index (χ0n) is 4.91. The molecular formula is C6H4ClNO2. The smallest absolute Gasteiger partial charge is 0.337 e. The van der Waals surface area contributed by atoms with E-state index in [9.17, 15) is 4.79 Å². The molecular weight excluding hydrogens is 159 g/mol. The van der Waals surface area contributed by atoms with Crippen LogP contribution in [0.2, 0.25) is 5.15 Å². The molecule has 0 aromatic carbocycles. The third-order valence-electron chi connectivity index (χ3n) is 0.974. The first-order valence-corrected chi connectivity index (χ1v) is 2.93. The highest BCUT2D eigenvalue weighted by Crippen LogP contribution is 2.04. The minimum absolute atomic E-state index is 0.143. The van der Waals surface area contributed by atoms with Crippen LogP contribution in [0.4, 0.5) is 0 Å². The maximum absolute atomic E-state index is 10.2. The van der Waals surface area contributed by atoms with Gasteiger partial charge in [-0.2, -0.15) is 0 Å². The molecule has 0 radical (unpaired) electrons. The van der Waals surface area contributed by atoms with Crippen molar-refractivity contribution in [2.75, 3.05) is 0 Å². The average Bonchev–Trinajstić information content (AvgIpc) is 1.88. The zero-order valence-corrected chi connectivity index (χ0v) is 5.67. The quantitative estimate of drug-likeness (QED) is 0.503. The fraction of sp³-hybridized carbons (Fsp3) is 0. The maximum atomic E-state index is 10.2. The van der Waals surface area contributed by atoms with E-state index in [1.165, 1.54) is 18.3 Å². The number of aromatic carboxylic acids is 1. The first-order chi connectivity index (χ1) is 4.70. The van der Waals surface area contributed by atoms with Crippen LogP contribution >= 0.6 is 11.6 Å². The van der Waals surface area contributed by atoms with Crippen molar-refractivity contribution in [2.24, 2.45) is 0 Å². The lowest BCUT2D eigenvalue weighted by Crippen LogP contribution is -1.95. The van der Waals surface area contributed by atoms with E-state index < -0.39 is 5.97 Å². The minimum atomic E-state index is -0.996. The predicted molar refractivity (Wildman–Crippen MR) is 36.2 cm³/mol. The van der Waals surface area contributed by atoms with E-state index in [1.54, 1.807) is 0 Å². The molecule has 1 aromatic rings. The van der Waals surface area contributed by atoms with Crippen LogP contribution in [0.25, 0.3) is 0 Å². The Hall–Kier alpha value is -1.09. The van der Waals surface area contributed by atoms with E-state index in [1.807, 2.05) is 0 Å². The van der Waals surface area contributed by atoms with Gasteiger partial charge < -0.3 is 5.11 Å². The summed E-state index contributed by atoms with van der Waals surface area (Å²) in [6.07, 6.45) is 1.21. The van der Waals surface area contributed by atoms with Crippen molar-refractivity contribution in [2.45, 2.75) is 0 Å². The van der Waals surface area contributed by atoms with E-state index in [0.29, 0.717) is 5.15 Å². The molecule has 0 bridgehead atoms. The standard InChI is InChI=1S/C6H4ClNO2/c7-5-2-1-4(3-8-5)6(9)10/h1-3H,(H,9,10)/i1+1,2+1,3+1,4+1,5+1,6+1. The number of carboxylic acid groups (broad SMARTS) is 1. The second-order valence-corrected chi connectivity index (χ2v) is 2.06. The third kappa shape index (κ3) is 1.45. The second-order valence-electron chi connectivity index (χ2n) is 1.67. The summed E-state index contributed by atoms with van der Waals surface area (Å²) in [5.41, 5.74) is 0.143. The Bertz CT molecular complexity index is 244. The van der Waals surface area contributed by atoms with Gasteiger partial charge >= 0.3 is 5.97 Å². The van der Waals surface area contributed by atoms with Crippen molar-refractivity contribution in [1.82, 2.24) is 4.98 Å². The van der Waals surface area contributed by atoms with Crippen LogP contribution in [-0.4, -0.2) is 16.1 Å². The van der Waals surface area contributed by atoms with E-state index in [0.717, 1.165) is 0 Å². The van der Waals surface area contributed by atoms with Gasteiger partial charge in [0.2, 0.25) is 0 Å². The van der Waals surface area contributed by atoms with Gasteiger partial charge in [-0.3, -0.25) is 0 Å². The zero-order chi connectivity index (χ0) is 7.56. The predicted octanol–water partition coefficient (Wildman–Crippen LogP) is 1.43. The van der Waals surface area contributed by atoms with Crippen LogP contribution in [0.15, 0.2) is 18.3 Å². The molecule has 10 heavy (non-hydrogen) atoms. The molecule has 0 fully saturated rings. The van der Waals surface area contributed by atoms with Gasteiger partial charge in [-0.05, 0) is 12.1 Å². The first kappa shape index (κ1) is 7.02. The van der Waals surface area contributed by atoms with Crippen molar-refractivity contribution < 1.29 is 9.90 Å². The van der Waals surface area contributed by atoms with Crippen molar-refractivity contribution in [3.8, 4) is 0 Å². The van der Waals surface area contributed by atoms with Crippen LogP contribution in [0.3, 0.4) is 0 Å². The number of carbonyl (C=O) groups is 1. The number of nitrogens with zero attached hydrogens (tertiary/aromatic N) is 1. The molecule has 3 nitrogen and oxygen atoms in total. The molecule has 0 spiro atoms. The molecule has 1 aromatic heterocycles. The average molecular weight is 164 g/mol. The molecule has 1 N–H and O–H groups in total. The van der Waals surface area contributed by atoms with Crippen molar-refractivity contribution in [3.63, 3.8) is 0 Å². The molecule has 1 rings (SSSR count). The van der Waals surface area contributed by atoms with Gasteiger partial charge in [0, 0.05) is 6.20 Å². The monoisotopic (exact) mass is 163 g/mol. The number of pyridine rings is 1. The largest absolute Gasteiger partial charge is 0.478 e. The molecule has 0 aliphatic carbocycles. The van der Waals surface area contributed by atoms with E-state index in [2.05, 4.69) is 4.98 Å². The number of rotatable bonds is 1. The Balaban J connectivity index is 3.00. The molecule has 0 amide bonds. The lowest BCUT2D eigenvalue weighted by Gasteiger charge is -1.90. The minimum Gasteiger partial charge on any atom is -0.478 e. The number of aromatic nitrogens is 1. The molecule has 0 aliphatic rings. The van der Waals surface area contributed by atoms with Crippen LogP contribution in [0, 0.1) is 0 Å². The molecule has 0 unspecified atom stereocenters. The van der Waals surface area contributed by atoms with Gasteiger partial charge in [-0.15, -0.1) is 0 Å². The van der Waals surface area contributed by atoms with E-state index >= 15 is 0 Å². The molecule has 1 heterocycles. The third-order valence-corrected chi connectivity index (χ3v) is 1.20. The van der Waals surface area contributed by atoms with Gasteiger partial charge in [0.25, 0.3) is 0 Å². The van der Waals surface area contributed by atoms with Crippen molar-refractivity contribution in [3.05, 3.63) is 29.0 Å². The van der Waals surface area contributed by atoms with Gasteiger partial charge in [0.15, 0.2) is 0 Å². The summed E-state index contributed by atoms with van der Waals surface area (Å²) in [4.78, 5) is 13.8. The van der Waals surface area contributed by atoms with Crippen LogP contribution in [0.1, 0.15) is 10.4 Å². The summed E-state index contributed by atoms with van der Waals surface area (Å²) >= 11 is 5.41. The highest BCUT2D eigenvalue weighted by atomic mass is 35.5. The van der Waals surface area contributed by atoms with Gasteiger partial charge in [0.1, 0.15) is 5.15 Å². The summed E-state index contributed by atoms with van der Waals surface area (Å²) in [6, 6.07) is 2.84. The Kier molecular flexibility index (Phi) is 1.87. The van der Waals surface area contributed by atoms with Gasteiger partial charge in [-0.25, -0.2) is 9.78 Å². The van der Waals surface area contributed by atoms with Crippen molar-refractivity contribution >= 4 is 17.6 Å². The normalized spacial score (nSPS) is 9.30. The fourth-order valence-electron chi connectivity index (χ4n) is 0.502. The van der Waals surface area contributed by atoms with Gasteiger partial charge in [0.05, 0.1) is 5.56 Å². The van der Waals surface area contributed by atoms with E-state index in [4.69, 9.17) is 16.7 Å². The van der Waals surface area contributed by atoms with Crippen LogP contribution in [-0.2, 0) is 0 Å². The molecule has 4 heteroatoms. The Morgan fingerprint density at radius 3 is 2.70 bits per heavy atom. The molecule has 52 valence electrons. The first-order valence-electron chi connectivity index (χ1n) is 2.55. The summed E-state index contributed by atoms with van der Waals surface area (Å²) in [5.74, 6) is -0.996. The Labute approximate surface area is 62.3 Å². The summed E-state index contributed by atoms with van der Waals surface area (Å²) in [5, 5.41) is 8.69. The fourth-order valence-corrected chi connectivity index (χ4v) is 0.614. The number of carboxylic acids is 1. The number of halogens is 1. The maximum Gasteiger partial charge on any atom is 0.337 e. The second kappa shape index (κ2) is 2.66. The summed E-state index contributed by atoms with van der Waals surface area (Å²) in [7, 11) is 0. The summed E-state index contributed by atoms with van der Waals surface area (Å²) in [6.45, 7) is 0. The number of hydrogen-bond acceptors (Lipinski definition) is 2. The van der Waals surface area contributed by atoms with Gasteiger partial charge in [-0.1, -0.05) is 11.6 Å².